The highest BCUT2D eigenvalue weighted by Gasteiger charge is 2.23. The first kappa shape index (κ1) is 32.3. The maximum absolute atomic E-state index is 2.46. The summed E-state index contributed by atoms with van der Waals surface area (Å²) in [5.74, 6) is 0.220. The first-order chi connectivity index (χ1) is 27.8. The van der Waals surface area contributed by atoms with Crippen LogP contribution in [0, 0.1) is 0 Å². The molecule has 0 aliphatic heterocycles. The van der Waals surface area contributed by atoms with Crippen LogP contribution in [0.3, 0.4) is 0 Å². The molecule has 0 saturated heterocycles. The molecule has 1 aliphatic rings. The predicted molar refractivity (Wildman–Crippen MR) is 238 cm³/mol. The van der Waals surface area contributed by atoms with E-state index in [-0.39, 0.29) is 5.92 Å². The van der Waals surface area contributed by atoms with E-state index < -0.39 is 0 Å². The maximum Gasteiger partial charge on any atom is 0.0541 e. The quantitative estimate of drug-likeness (QED) is 0.156. The second kappa shape index (κ2) is 13.3. The SMILES string of the molecule is C1=CC(c2ccccc2-n2c3ccccc3c3ccccc32)CC=C1N(c1ccc2c(ccc3ccc4ccccc4c32)c1)c1ccccc1-c1ccccc1. The third-order valence-corrected chi connectivity index (χ3v) is 11.7. The summed E-state index contributed by atoms with van der Waals surface area (Å²) in [5, 5.41) is 10.2. The fourth-order valence-electron chi connectivity index (χ4n) is 9.11. The van der Waals surface area contributed by atoms with Crippen LogP contribution in [0.5, 0.6) is 0 Å². The number of fused-ring (bicyclic) bond motifs is 8. The van der Waals surface area contributed by atoms with Crippen LogP contribution >= 0.6 is 0 Å². The lowest BCUT2D eigenvalue weighted by Gasteiger charge is -2.31. The molecule has 0 fully saturated rings. The van der Waals surface area contributed by atoms with Gasteiger partial charge in [0, 0.05) is 39.3 Å². The Kier molecular flexibility index (Phi) is 7.67. The second-order valence-electron chi connectivity index (χ2n) is 14.8. The highest BCUT2D eigenvalue weighted by Crippen LogP contribution is 2.43. The molecule has 1 atom stereocenters. The molecule has 9 aromatic carbocycles. The van der Waals surface area contributed by atoms with Crippen molar-refractivity contribution in [1.29, 1.82) is 0 Å². The average molecular weight is 715 g/mol. The topological polar surface area (TPSA) is 8.17 Å². The fraction of sp³-hybridized carbons (Fsp3) is 0.0370. The number of nitrogens with zero attached hydrogens (tertiary/aromatic N) is 2. The minimum absolute atomic E-state index is 0.220. The number of benzene rings is 9. The van der Waals surface area contributed by atoms with E-state index in [1.807, 2.05) is 0 Å². The van der Waals surface area contributed by atoms with Crippen molar-refractivity contribution in [1.82, 2.24) is 4.57 Å². The van der Waals surface area contributed by atoms with E-state index in [0.29, 0.717) is 0 Å². The summed E-state index contributed by atoms with van der Waals surface area (Å²) in [6.45, 7) is 0. The van der Waals surface area contributed by atoms with E-state index in [4.69, 9.17) is 0 Å². The number of para-hydroxylation sites is 4. The van der Waals surface area contributed by atoms with Crippen molar-refractivity contribution < 1.29 is 0 Å². The number of allylic oxidation sites excluding steroid dienone is 3. The van der Waals surface area contributed by atoms with Crippen LogP contribution < -0.4 is 4.90 Å². The lowest BCUT2D eigenvalue weighted by molar-refractivity contribution is 0.831. The van der Waals surface area contributed by atoms with Gasteiger partial charge in [0.05, 0.1) is 16.7 Å². The molecule has 10 aromatic rings. The van der Waals surface area contributed by atoms with Gasteiger partial charge in [-0.1, -0.05) is 170 Å². The van der Waals surface area contributed by atoms with Crippen molar-refractivity contribution in [3.63, 3.8) is 0 Å². The summed E-state index contributed by atoms with van der Waals surface area (Å²) in [5.41, 5.74) is 10.9. The van der Waals surface area contributed by atoms with Gasteiger partial charge < -0.3 is 9.47 Å². The van der Waals surface area contributed by atoms with Crippen LogP contribution in [0.2, 0.25) is 0 Å². The first-order valence-corrected chi connectivity index (χ1v) is 19.5. The standard InChI is InChI=1S/C54H38N2/c1-2-14-37(15-3-1)44-17-6-10-22-50(44)55(43-34-35-47-41(36-43)29-28-40-27-26-38-16-4-5-19-46(38)54(40)47)42-32-30-39(31-33-42)45-18-7-11-23-51(45)56-52-24-12-8-20-48(52)49-21-9-13-25-53(49)56/h1-30,32-36,39H,31H2. The highest BCUT2D eigenvalue weighted by atomic mass is 15.1. The van der Waals surface area contributed by atoms with Crippen LogP contribution in [0.4, 0.5) is 11.4 Å². The van der Waals surface area contributed by atoms with Crippen molar-refractivity contribution in [2.75, 3.05) is 4.90 Å². The third kappa shape index (κ3) is 5.26. The van der Waals surface area contributed by atoms with Crippen molar-refractivity contribution in [2.24, 2.45) is 0 Å². The number of hydrogen-bond donors (Lipinski definition) is 0. The van der Waals surface area contributed by atoms with E-state index >= 15 is 0 Å². The lowest BCUT2D eigenvalue weighted by Crippen LogP contribution is -2.18. The Morgan fingerprint density at radius 2 is 1.11 bits per heavy atom. The van der Waals surface area contributed by atoms with Crippen molar-refractivity contribution in [2.45, 2.75) is 12.3 Å². The summed E-state index contributed by atoms with van der Waals surface area (Å²) >= 11 is 0. The van der Waals surface area contributed by atoms with Crippen molar-refractivity contribution >= 4 is 65.5 Å². The van der Waals surface area contributed by atoms with Gasteiger partial charge in [0.25, 0.3) is 0 Å². The van der Waals surface area contributed by atoms with Crippen LogP contribution in [-0.4, -0.2) is 4.57 Å². The number of hydrogen-bond acceptors (Lipinski definition) is 1. The largest absolute Gasteiger partial charge is 0.310 e. The van der Waals surface area contributed by atoms with Gasteiger partial charge in [-0.2, -0.15) is 0 Å². The van der Waals surface area contributed by atoms with Crippen LogP contribution in [0.25, 0.3) is 70.9 Å². The zero-order valence-corrected chi connectivity index (χ0v) is 30.9. The molecule has 0 amide bonds. The molecule has 1 unspecified atom stereocenters. The zero-order chi connectivity index (χ0) is 37.0. The Hall–Kier alpha value is -7.16. The van der Waals surface area contributed by atoms with Crippen LogP contribution in [-0.2, 0) is 0 Å². The Bertz CT molecular complexity index is 3130. The molecular formula is C54H38N2. The summed E-state index contributed by atoms with van der Waals surface area (Å²) < 4.78 is 2.46. The molecule has 0 radical (unpaired) electrons. The Morgan fingerprint density at radius 1 is 0.482 bits per heavy atom. The highest BCUT2D eigenvalue weighted by molar-refractivity contribution is 6.20. The van der Waals surface area contributed by atoms with Gasteiger partial charge >= 0.3 is 0 Å². The molecule has 1 aliphatic carbocycles. The van der Waals surface area contributed by atoms with Gasteiger partial charge in [-0.05, 0) is 92.3 Å². The van der Waals surface area contributed by atoms with E-state index in [1.165, 1.54) is 82.2 Å². The molecule has 264 valence electrons. The molecule has 1 heterocycles. The number of aromatic nitrogens is 1. The Morgan fingerprint density at radius 3 is 1.89 bits per heavy atom. The zero-order valence-electron chi connectivity index (χ0n) is 30.9. The molecular weight excluding hydrogens is 677 g/mol. The van der Waals surface area contributed by atoms with Crippen molar-refractivity contribution in [3.05, 3.63) is 224 Å². The molecule has 0 saturated carbocycles. The molecule has 56 heavy (non-hydrogen) atoms. The average Bonchev–Trinajstić information content (AvgIpc) is 3.61. The third-order valence-electron chi connectivity index (χ3n) is 11.7. The first-order valence-electron chi connectivity index (χ1n) is 19.5. The van der Waals surface area contributed by atoms with Gasteiger partial charge in [0.15, 0.2) is 0 Å². The minimum Gasteiger partial charge on any atom is -0.310 e. The molecule has 11 rings (SSSR count). The molecule has 2 nitrogen and oxygen atoms in total. The summed E-state index contributed by atoms with van der Waals surface area (Å²) in [7, 11) is 0. The molecule has 2 heteroatoms. The van der Waals surface area contributed by atoms with Crippen LogP contribution in [0.15, 0.2) is 218 Å². The smallest absolute Gasteiger partial charge is 0.0541 e. The fourth-order valence-corrected chi connectivity index (χ4v) is 9.11. The summed E-state index contributed by atoms with van der Waals surface area (Å²) in [4.78, 5) is 2.46. The lowest BCUT2D eigenvalue weighted by atomic mass is 9.89. The minimum atomic E-state index is 0.220. The predicted octanol–water partition coefficient (Wildman–Crippen LogP) is 14.7. The van der Waals surface area contributed by atoms with Gasteiger partial charge in [0.1, 0.15) is 0 Å². The van der Waals surface area contributed by atoms with E-state index in [2.05, 4.69) is 222 Å². The van der Waals surface area contributed by atoms with E-state index in [0.717, 1.165) is 17.8 Å². The van der Waals surface area contributed by atoms with E-state index in [1.54, 1.807) is 0 Å². The number of rotatable bonds is 6. The molecule has 0 bridgehead atoms. The van der Waals surface area contributed by atoms with E-state index in [9.17, 15) is 0 Å². The Labute approximate surface area is 326 Å². The normalized spacial score (nSPS) is 14.2. The maximum atomic E-state index is 2.46. The van der Waals surface area contributed by atoms with Gasteiger partial charge in [-0.25, -0.2) is 0 Å². The van der Waals surface area contributed by atoms with Crippen molar-refractivity contribution in [3.8, 4) is 16.8 Å². The van der Waals surface area contributed by atoms with Gasteiger partial charge in [0.2, 0.25) is 0 Å². The molecule has 0 spiro atoms. The van der Waals surface area contributed by atoms with Crippen LogP contribution in [0.1, 0.15) is 17.9 Å². The van der Waals surface area contributed by atoms with Gasteiger partial charge in [-0.15, -0.1) is 0 Å². The summed E-state index contributed by atoms with van der Waals surface area (Å²) in [6.07, 6.45) is 8.08. The summed E-state index contributed by atoms with van der Waals surface area (Å²) in [6, 6.07) is 70.9. The second-order valence-corrected chi connectivity index (χ2v) is 14.8. The Balaban J connectivity index is 1.04. The van der Waals surface area contributed by atoms with Gasteiger partial charge in [-0.3, -0.25) is 0 Å². The molecule has 1 aromatic heterocycles. The molecule has 0 N–H and O–H groups in total. The monoisotopic (exact) mass is 714 g/mol. The number of anilines is 2.